The van der Waals surface area contributed by atoms with E-state index in [-0.39, 0.29) is 0 Å². The van der Waals surface area contributed by atoms with Crippen LogP contribution < -0.4 is 14.4 Å². The third-order valence-corrected chi connectivity index (χ3v) is 18.0. The van der Waals surface area contributed by atoms with Crippen LogP contribution >= 0.6 is 0 Å². The van der Waals surface area contributed by atoms with Gasteiger partial charge in [0.25, 0.3) is 0 Å². The second-order valence-electron chi connectivity index (χ2n) is 22.2. The number of benzene rings is 13. The molecule has 2 aliphatic heterocycles. The summed E-state index contributed by atoms with van der Waals surface area (Å²) in [7, 11) is 0. The number of hydrogen-bond donors (Lipinski definition) is 0. The molecule has 0 fully saturated rings. The van der Waals surface area contributed by atoms with Crippen molar-refractivity contribution in [2.75, 3.05) is 4.90 Å². The number of anilines is 3. The van der Waals surface area contributed by atoms with Gasteiger partial charge in [-0.15, -0.1) is 0 Å². The van der Waals surface area contributed by atoms with Crippen LogP contribution in [0.25, 0.3) is 66.8 Å². The molecule has 0 amide bonds. The summed E-state index contributed by atoms with van der Waals surface area (Å²) in [4.78, 5) is 2.40. The highest BCUT2D eigenvalue weighted by atomic mass is 16.5. The number of nitrogens with zero attached hydrogens (tertiary/aromatic N) is 1. The first-order valence-electron chi connectivity index (χ1n) is 28.6. The molecule has 0 aromatic heterocycles. The molecule has 0 unspecified atom stereocenters. The fraction of sp³-hybridized carbons (Fsp3) is 0.0250. The third kappa shape index (κ3) is 6.92. The van der Waals surface area contributed by atoms with E-state index in [9.17, 15) is 0 Å². The van der Waals surface area contributed by atoms with Gasteiger partial charge in [-0.3, -0.25) is 0 Å². The van der Waals surface area contributed by atoms with Crippen LogP contribution in [0.15, 0.2) is 309 Å². The van der Waals surface area contributed by atoms with Gasteiger partial charge in [0.15, 0.2) is 0 Å². The summed E-state index contributed by atoms with van der Waals surface area (Å²) >= 11 is 0. The molecular formula is C80H51NO2. The van der Waals surface area contributed by atoms with Gasteiger partial charge in [0.05, 0.1) is 10.8 Å². The molecule has 3 nitrogen and oxygen atoms in total. The second-order valence-corrected chi connectivity index (χ2v) is 22.2. The number of para-hydroxylation sites is 4. The Kier molecular flexibility index (Phi) is 10.4. The molecule has 388 valence electrons. The number of fused-ring (bicyclic) bond motifs is 18. The minimum absolute atomic E-state index is 0.547. The first-order chi connectivity index (χ1) is 41.1. The maximum Gasteiger partial charge on any atom is 0.132 e. The SMILES string of the molecule is c1ccc(-c2ccc(-c3ccc(N(c4ccc(-c5cccc6c5-c5ccccc5C65c6ccccc6Oc6ccccc65)cc4)c4cccc(-c5ccc6c(c5)C5(c7ccccc7Oc7ccccc75)c5ccccc5-6)c4)cc3)cc2)cc1. The van der Waals surface area contributed by atoms with E-state index < -0.39 is 10.8 Å². The Bertz CT molecular complexity index is 4640. The van der Waals surface area contributed by atoms with E-state index in [1.54, 1.807) is 0 Å². The topological polar surface area (TPSA) is 21.7 Å². The summed E-state index contributed by atoms with van der Waals surface area (Å²) in [6, 6.07) is 113. The van der Waals surface area contributed by atoms with Crippen molar-refractivity contribution in [2.24, 2.45) is 0 Å². The van der Waals surface area contributed by atoms with Crippen molar-refractivity contribution in [1.82, 2.24) is 0 Å². The maximum absolute atomic E-state index is 6.69. The third-order valence-electron chi connectivity index (χ3n) is 18.0. The van der Waals surface area contributed by atoms with E-state index in [2.05, 4.69) is 314 Å². The molecule has 17 rings (SSSR count). The lowest BCUT2D eigenvalue weighted by molar-refractivity contribution is 0.436. The van der Waals surface area contributed by atoms with Gasteiger partial charge >= 0.3 is 0 Å². The summed E-state index contributed by atoms with van der Waals surface area (Å²) in [6.07, 6.45) is 0. The molecule has 13 aromatic rings. The Hall–Kier alpha value is -10.7. The van der Waals surface area contributed by atoms with Crippen molar-refractivity contribution in [2.45, 2.75) is 10.8 Å². The lowest BCUT2D eigenvalue weighted by Crippen LogP contribution is -2.32. The van der Waals surface area contributed by atoms with Crippen LogP contribution in [0.4, 0.5) is 17.1 Å². The molecule has 2 spiro atoms. The molecule has 3 heteroatoms. The maximum atomic E-state index is 6.69. The summed E-state index contributed by atoms with van der Waals surface area (Å²) in [5.74, 6) is 3.56. The minimum Gasteiger partial charge on any atom is -0.457 e. The molecule has 0 saturated heterocycles. The zero-order valence-electron chi connectivity index (χ0n) is 45.2. The average Bonchev–Trinajstić information content (AvgIpc) is 1.64. The lowest BCUT2D eigenvalue weighted by atomic mass is 9.66. The Morgan fingerprint density at radius 1 is 0.205 bits per heavy atom. The summed E-state index contributed by atoms with van der Waals surface area (Å²) in [5.41, 5.74) is 26.1. The van der Waals surface area contributed by atoms with E-state index in [0.717, 1.165) is 84.6 Å². The Morgan fingerprint density at radius 3 is 1.13 bits per heavy atom. The van der Waals surface area contributed by atoms with Gasteiger partial charge in [-0.25, -0.2) is 0 Å². The van der Waals surface area contributed by atoms with Crippen molar-refractivity contribution in [3.8, 4) is 89.8 Å². The van der Waals surface area contributed by atoms with Gasteiger partial charge < -0.3 is 14.4 Å². The molecule has 2 aliphatic carbocycles. The summed E-state index contributed by atoms with van der Waals surface area (Å²) < 4.78 is 13.4. The molecule has 83 heavy (non-hydrogen) atoms. The van der Waals surface area contributed by atoms with Crippen molar-refractivity contribution >= 4 is 17.1 Å². The molecule has 0 radical (unpaired) electrons. The summed E-state index contributed by atoms with van der Waals surface area (Å²) in [6.45, 7) is 0. The van der Waals surface area contributed by atoms with E-state index in [4.69, 9.17) is 9.47 Å². The van der Waals surface area contributed by atoms with Gasteiger partial charge in [-0.2, -0.15) is 0 Å². The molecule has 0 N–H and O–H groups in total. The van der Waals surface area contributed by atoms with Crippen LogP contribution in [0.2, 0.25) is 0 Å². The predicted octanol–water partition coefficient (Wildman–Crippen LogP) is 20.8. The normalized spacial score (nSPS) is 13.7. The fourth-order valence-corrected chi connectivity index (χ4v) is 14.5. The van der Waals surface area contributed by atoms with Crippen LogP contribution in [-0.2, 0) is 10.8 Å². The Labute approximate surface area is 483 Å². The molecular weight excluding hydrogens is 1010 g/mol. The van der Waals surface area contributed by atoms with E-state index >= 15 is 0 Å². The average molecular weight is 1060 g/mol. The van der Waals surface area contributed by atoms with Crippen molar-refractivity contribution < 1.29 is 9.47 Å². The van der Waals surface area contributed by atoms with Gasteiger partial charge in [-0.1, -0.05) is 243 Å². The molecule has 2 heterocycles. The monoisotopic (exact) mass is 1060 g/mol. The summed E-state index contributed by atoms with van der Waals surface area (Å²) in [5, 5.41) is 0. The smallest absolute Gasteiger partial charge is 0.132 e. The predicted molar refractivity (Wildman–Crippen MR) is 338 cm³/mol. The molecule has 13 aromatic carbocycles. The van der Waals surface area contributed by atoms with Crippen LogP contribution in [-0.4, -0.2) is 0 Å². The minimum atomic E-state index is -0.566. The van der Waals surface area contributed by atoms with E-state index in [1.807, 2.05) is 0 Å². The number of rotatable bonds is 7. The highest BCUT2D eigenvalue weighted by Crippen LogP contribution is 2.65. The standard InChI is InChI=1S/C80H51NO2/c1-2-18-52(19-3-1)53-36-38-54(39-37-53)55-40-45-59(46-41-55)81(60-47-42-56(43-48-60)62-24-17-31-72-78(62)65-23-5-7-26-67(65)79(72)68-27-8-12-32-74(68)82-75-33-13-9-28-69(75)79)61-21-16-20-57(50-61)58-44-49-64-63-22-4-6-25-66(63)80(73(64)51-58)70-29-10-14-34-76(70)83-77-35-15-11-30-71(77)80/h1-51H. The highest BCUT2D eigenvalue weighted by molar-refractivity contribution is 5.97. The van der Waals surface area contributed by atoms with Crippen LogP contribution in [0.3, 0.4) is 0 Å². The zero-order valence-corrected chi connectivity index (χ0v) is 45.2. The van der Waals surface area contributed by atoms with Crippen LogP contribution in [0.5, 0.6) is 23.0 Å². The van der Waals surface area contributed by atoms with Crippen molar-refractivity contribution in [3.63, 3.8) is 0 Å². The quantitative estimate of drug-likeness (QED) is 0.159. The molecule has 4 aliphatic rings. The van der Waals surface area contributed by atoms with Gasteiger partial charge in [0.1, 0.15) is 23.0 Å². The van der Waals surface area contributed by atoms with Crippen LogP contribution in [0, 0.1) is 0 Å². The van der Waals surface area contributed by atoms with Gasteiger partial charge in [0.2, 0.25) is 0 Å². The second kappa shape index (κ2) is 18.4. The Balaban J connectivity index is 0.799. The first kappa shape index (κ1) is 47.1. The number of hydrogen-bond acceptors (Lipinski definition) is 3. The Morgan fingerprint density at radius 2 is 0.566 bits per heavy atom. The zero-order chi connectivity index (χ0) is 54.6. The van der Waals surface area contributed by atoms with Gasteiger partial charge in [0, 0.05) is 39.3 Å². The lowest BCUT2D eigenvalue weighted by Gasteiger charge is -2.39. The van der Waals surface area contributed by atoms with Crippen molar-refractivity contribution in [3.05, 3.63) is 354 Å². The molecule has 0 bridgehead atoms. The molecule has 0 atom stereocenters. The molecule has 0 saturated carbocycles. The van der Waals surface area contributed by atoms with Crippen molar-refractivity contribution in [1.29, 1.82) is 0 Å². The van der Waals surface area contributed by atoms with Crippen LogP contribution in [0.1, 0.15) is 44.5 Å². The largest absolute Gasteiger partial charge is 0.457 e. The number of ether oxygens (including phenoxy) is 2. The van der Waals surface area contributed by atoms with E-state index in [1.165, 1.54) is 66.8 Å². The highest BCUT2D eigenvalue weighted by Gasteiger charge is 2.53. The van der Waals surface area contributed by atoms with E-state index in [0.29, 0.717) is 0 Å². The van der Waals surface area contributed by atoms with Gasteiger partial charge in [-0.05, 0) is 156 Å². The fourth-order valence-electron chi connectivity index (χ4n) is 14.5. The first-order valence-corrected chi connectivity index (χ1v) is 28.6.